The monoisotopic (exact) mass is 304 g/mol. The molecule has 0 unspecified atom stereocenters. The number of pyridine rings is 1. The smallest absolute Gasteiger partial charge is 0.146 e. The normalized spacial score (nSPS) is 10.7. The number of rotatable bonds is 6. The van der Waals surface area contributed by atoms with Crippen molar-refractivity contribution in [2.24, 2.45) is 0 Å². The molecule has 112 valence electrons. The number of benzene rings is 1. The first-order chi connectivity index (χ1) is 10.1. The van der Waals surface area contributed by atoms with E-state index in [2.05, 4.69) is 17.2 Å². The van der Waals surface area contributed by atoms with Gasteiger partial charge in [0.15, 0.2) is 0 Å². The third kappa shape index (κ3) is 4.45. The molecule has 2 rings (SSSR count). The Labute approximate surface area is 131 Å². The molecule has 0 aliphatic rings. The van der Waals surface area contributed by atoms with Gasteiger partial charge in [0.05, 0.1) is 6.20 Å². The summed E-state index contributed by atoms with van der Waals surface area (Å²) in [6.45, 7) is 7.91. The van der Waals surface area contributed by atoms with Crippen LogP contribution in [-0.2, 0) is 6.54 Å². The van der Waals surface area contributed by atoms with Crippen LogP contribution in [0.3, 0.4) is 0 Å². The van der Waals surface area contributed by atoms with E-state index in [0.717, 1.165) is 52.7 Å². The zero-order chi connectivity index (χ0) is 15.2. The summed E-state index contributed by atoms with van der Waals surface area (Å²) >= 11 is 6.17. The molecule has 21 heavy (non-hydrogen) atoms. The largest absolute Gasteiger partial charge is 0.456 e. The second kappa shape index (κ2) is 7.43. The van der Waals surface area contributed by atoms with Crippen molar-refractivity contribution in [3.05, 3.63) is 52.3 Å². The molecular weight excluding hydrogens is 284 g/mol. The van der Waals surface area contributed by atoms with Crippen LogP contribution in [0, 0.1) is 13.8 Å². The Morgan fingerprint density at radius 3 is 2.48 bits per heavy atom. The Balaban J connectivity index is 2.11. The second-order valence-electron chi connectivity index (χ2n) is 5.18. The van der Waals surface area contributed by atoms with Crippen molar-refractivity contribution in [2.45, 2.75) is 33.7 Å². The van der Waals surface area contributed by atoms with Gasteiger partial charge in [-0.1, -0.05) is 18.5 Å². The van der Waals surface area contributed by atoms with Crippen molar-refractivity contribution < 1.29 is 4.74 Å². The third-order valence-corrected chi connectivity index (χ3v) is 3.77. The molecule has 0 spiro atoms. The molecule has 0 atom stereocenters. The summed E-state index contributed by atoms with van der Waals surface area (Å²) in [5.41, 5.74) is 3.14. The molecule has 1 N–H and O–H groups in total. The van der Waals surface area contributed by atoms with Gasteiger partial charge < -0.3 is 10.1 Å². The first-order valence-electron chi connectivity index (χ1n) is 7.19. The molecule has 3 nitrogen and oxygen atoms in total. The molecule has 0 amide bonds. The molecule has 0 bridgehead atoms. The molecule has 1 aromatic heterocycles. The summed E-state index contributed by atoms with van der Waals surface area (Å²) < 4.78 is 5.89. The molecule has 1 heterocycles. The summed E-state index contributed by atoms with van der Waals surface area (Å²) in [5, 5.41) is 4.14. The maximum absolute atomic E-state index is 6.17. The number of nitrogens with one attached hydrogen (secondary N) is 1. The number of hydrogen-bond acceptors (Lipinski definition) is 3. The van der Waals surface area contributed by atoms with E-state index in [0.29, 0.717) is 0 Å². The van der Waals surface area contributed by atoms with Gasteiger partial charge in [-0.05, 0) is 61.7 Å². The van der Waals surface area contributed by atoms with E-state index in [9.17, 15) is 0 Å². The highest BCUT2D eigenvalue weighted by molar-refractivity contribution is 6.32. The van der Waals surface area contributed by atoms with Crippen LogP contribution in [0.2, 0.25) is 5.02 Å². The summed E-state index contributed by atoms with van der Waals surface area (Å²) in [6.07, 6.45) is 4.70. The number of hydrogen-bond donors (Lipinski definition) is 1. The predicted octanol–water partition coefficient (Wildman–Crippen LogP) is 4.64. The van der Waals surface area contributed by atoms with Crippen molar-refractivity contribution in [1.29, 1.82) is 0 Å². The molecule has 0 aliphatic carbocycles. The second-order valence-corrected chi connectivity index (χ2v) is 5.56. The van der Waals surface area contributed by atoms with Crippen LogP contribution in [-0.4, -0.2) is 11.5 Å². The lowest BCUT2D eigenvalue weighted by Gasteiger charge is -2.10. The van der Waals surface area contributed by atoms with Crippen molar-refractivity contribution in [3.63, 3.8) is 0 Å². The molecule has 0 aliphatic heterocycles. The van der Waals surface area contributed by atoms with Gasteiger partial charge in [0.25, 0.3) is 0 Å². The molecule has 0 saturated heterocycles. The Morgan fingerprint density at radius 2 is 1.81 bits per heavy atom. The summed E-state index contributed by atoms with van der Waals surface area (Å²) in [5.74, 6) is 1.53. The lowest BCUT2D eigenvalue weighted by Crippen LogP contribution is -2.13. The van der Waals surface area contributed by atoms with E-state index in [1.54, 1.807) is 6.20 Å². The van der Waals surface area contributed by atoms with Gasteiger partial charge in [0.1, 0.15) is 11.5 Å². The predicted molar refractivity (Wildman–Crippen MR) is 87.2 cm³/mol. The van der Waals surface area contributed by atoms with E-state index in [1.165, 1.54) is 0 Å². The summed E-state index contributed by atoms with van der Waals surface area (Å²) in [4.78, 5) is 4.23. The van der Waals surface area contributed by atoms with E-state index >= 15 is 0 Å². The molecule has 0 saturated carbocycles. The minimum atomic E-state index is 0.743. The molecule has 1 aromatic carbocycles. The SMILES string of the molecule is CCCNCc1cncc(Oc2cc(C)c(Cl)c(C)c2)c1. The topological polar surface area (TPSA) is 34.2 Å². The number of aromatic nitrogens is 1. The van der Waals surface area contributed by atoms with Gasteiger partial charge in [-0.2, -0.15) is 0 Å². The first-order valence-corrected chi connectivity index (χ1v) is 7.57. The van der Waals surface area contributed by atoms with Crippen LogP contribution in [0.15, 0.2) is 30.6 Å². The fourth-order valence-electron chi connectivity index (χ4n) is 2.13. The molecule has 4 heteroatoms. The quantitative estimate of drug-likeness (QED) is 0.789. The van der Waals surface area contributed by atoms with Crippen molar-refractivity contribution in [3.8, 4) is 11.5 Å². The van der Waals surface area contributed by atoms with Crippen molar-refractivity contribution >= 4 is 11.6 Å². The van der Waals surface area contributed by atoms with Crippen LogP contribution in [0.1, 0.15) is 30.0 Å². The lowest BCUT2D eigenvalue weighted by molar-refractivity contribution is 0.478. The van der Waals surface area contributed by atoms with Gasteiger partial charge in [0, 0.05) is 17.8 Å². The summed E-state index contributed by atoms with van der Waals surface area (Å²) in [7, 11) is 0. The van der Waals surface area contributed by atoms with Crippen LogP contribution >= 0.6 is 11.6 Å². The van der Waals surface area contributed by atoms with Crippen LogP contribution in [0.25, 0.3) is 0 Å². The fraction of sp³-hybridized carbons (Fsp3) is 0.353. The van der Waals surface area contributed by atoms with Gasteiger partial charge >= 0.3 is 0 Å². The van der Waals surface area contributed by atoms with Crippen LogP contribution in [0.4, 0.5) is 0 Å². The lowest BCUT2D eigenvalue weighted by atomic mass is 10.1. The number of nitrogens with zero attached hydrogens (tertiary/aromatic N) is 1. The zero-order valence-corrected chi connectivity index (χ0v) is 13.5. The minimum absolute atomic E-state index is 0.743. The Morgan fingerprint density at radius 1 is 1.10 bits per heavy atom. The number of halogens is 1. The maximum atomic E-state index is 6.17. The van der Waals surface area contributed by atoms with Gasteiger partial charge in [0.2, 0.25) is 0 Å². The Kier molecular flexibility index (Phi) is 5.59. The molecular formula is C17H21ClN2O. The van der Waals surface area contributed by atoms with Gasteiger partial charge in [-0.25, -0.2) is 0 Å². The van der Waals surface area contributed by atoms with E-state index in [1.807, 2.05) is 38.2 Å². The molecule has 0 radical (unpaired) electrons. The standard InChI is InChI=1S/C17H21ClN2O/c1-4-5-19-9-14-8-16(11-20-10-14)21-15-6-12(2)17(18)13(3)7-15/h6-8,10-11,19H,4-5,9H2,1-3H3. The Hall–Kier alpha value is -1.58. The highest BCUT2D eigenvalue weighted by Crippen LogP contribution is 2.29. The Bertz CT molecular complexity index is 590. The number of aryl methyl sites for hydroxylation is 2. The van der Waals surface area contributed by atoms with E-state index < -0.39 is 0 Å². The van der Waals surface area contributed by atoms with E-state index in [-0.39, 0.29) is 0 Å². The third-order valence-electron chi connectivity index (χ3n) is 3.17. The van der Waals surface area contributed by atoms with Gasteiger partial charge in [-0.3, -0.25) is 4.98 Å². The van der Waals surface area contributed by atoms with Crippen LogP contribution < -0.4 is 10.1 Å². The van der Waals surface area contributed by atoms with Crippen molar-refractivity contribution in [2.75, 3.05) is 6.54 Å². The first kappa shape index (κ1) is 15.8. The highest BCUT2D eigenvalue weighted by Gasteiger charge is 2.05. The molecule has 2 aromatic rings. The average molecular weight is 305 g/mol. The maximum Gasteiger partial charge on any atom is 0.146 e. The van der Waals surface area contributed by atoms with E-state index in [4.69, 9.17) is 16.3 Å². The van der Waals surface area contributed by atoms with Crippen LogP contribution in [0.5, 0.6) is 11.5 Å². The van der Waals surface area contributed by atoms with Crippen molar-refractivity contribution in [1.82, 2.24) is 10.3 Å². The summed E-state index contributed by atoms with van der Waals surface area (Å²) in [6, 6.07) is 5.89. The zero-order valence-electron chi connectivity index (χ0n) is 12.7. The highest BCUT2D eigenvalue weighted by atomic mass is 35.5. The minimum Gasteiger partial charge on any atom is -0.456 e. The number of ether oxygens (including phenoxy) is 1. The average Bonchev–Trinajstić information content (AvgIpc) is 2.45. The van der Waals surface area contributed by atoms with Gasteiger partial charge in [-0.15, -0.1) is 0 Å². The fourth-order valence-corrected chi connectivity index (χ4v) is 2.24. The molecule has 0 fully saturated rings.